The summed E-state index contributed by atoms with van der Waals surface area (Å²) in [6.45, 7) is 9.20. The number of hydrogen-bond donors (Lipinski definition) is 3. The summed E-state index contributed by atoms with van der Waals surface area (Å²) >= 11 is 4.40. The Balaban J connectivity index is 1.73. The summed E-state index contributed by atoms with van der Waals surface area (Å²) in [5.41, 5.74) is 2.55. The molecule has 0 saturated heterocycles. The van der Waals surface area contributed by atoms with Gasteiger partial charge in [-0.2, -0.15) is 12.6 Å². The maximum Gasteiger partial charge on any atom is 0.408 e. The van der Waals surface area contributed by atoms with E-state index < -0.39 is 23.8 Å². The lowest BCUT2D eigenvalue weighted by molar-refractivity contribution is -0.145. The number of amides is 3. The zero-order chi connectivity index (χ0) is 29.0. The van der Waals surface area contributed by atoms with Crippen LogP contribution in [0.4, 0.5) is 10.5 Å². The second kappa shape index (κ2) is 12.3. The summed E-state index contributed by atoms with van der Waals surface area (Å²) in [6.07, 6.45) is 1.83. The Bertz CT molecular complexity index is 1380. The van der Waals surface area contributed by atoms with Crippen LogP contribution in [0, 0.1) is 13.8 Å². The van der Waals surface area contributed by atoms with E-state index in [-0.39, 0.29) is 23.6 Å². The molecule has 3 aromatic carbocycles. The van der Waals surface area contributed by atoms with E-state index in [4.69, 9.17) is 4.74 Å². The SMILES string of the molecule is Cc1cccc(C)c1C(C(=O)Nc1ccc2ccccc2c1)N(C(=O)C(CS)NC(=O)OC(C)(C)C)C1CCC1. The summed E-state index contributed by atoms with van der Waals surface area (Å²) in [7, 11) is 0. The number of aryl methyl sites for hydroxylation is 2. The van der Waals surface area contributed by atoms with Gasteiger partial charge in [0.05, 0.1) is 0 Å². The quantitative estimate of drug-likeness (QED) is 0.280. The highest BCUT2D eigenvalue weighted by Gasteiger charge is 2.42. The van der Waals surface area contributed by atoms with Crippen LogP contribution in [0.5, 0.6) is 0 Å². The minimum Gasteiger partial charge on any atom is -0.444 e. The van der Waals surface area contributed by atoms with Crippen molar-refractivity contribution in [2.45, 2.75) is 77.6 Å². The third-order valence-electron chi connectivity index (χ3n) is 7.25. The fourth-order valence-corrected chi connectivity index (χ4v) is 5.38. The molecule has 1 saturated carbocycles. The molecule has 0 heterocycles. The second-order valence-corrected chi connectivity index (χ2v) is 11.8. The van der Waals surface area contributed by atoms with Crippen molar-refractivity contribution < 1.29 is 19.1 Å². The van der Waals surface area contributed by atoms with Gasteiger partial charge >= 0.3 is 6.09 Å². The predicted molar refractivity (Wildman–Crippen MR) is 163 cm³/mol. The molecule has 40 heavy (non-hydrogen) atoms. The number of fused-ring (bicyclic) bond motifs is 1. The molecule has 1 aliphatic rings. The number of thiol groups is 1. The van der Waals surface area contributed by atoms with Gasteiger partial charge in [-0.15, -0.1) is 0 Å². The molecule has 7 nitrogen and oxygen atoms in total. The lowest BCUT2D eigenvalue weighted by Crippen LogP contribution is -2.57. The van der Waals surface area contributed by atoms with E-state index >= 15 is 0 Å². The Morgan fingerprint density at radius 2 is 1.62 bits per heavy atom. The predicted octanol–water partition coefficient (Wildman–Crippen LogP) is 6.34. The molecule has 0 bridgehead atoms. The van der Waals surface area contributed by atoms with Gasteiger partial charge in [0, 0.05) is 17.5 Å². The Morgan fingerprint density at radius 3 is 2.20 bits per heavy atom. The first kappa shape index (κ1) is 29.5. The third kappa shape index (κ3) is 6.78. The molecule has 2 atom stereocenters. The molecule has 8 heteroatoms. The first-order valence-electron chi connectivity index (χ1n) is 13.8. The van der Waals surface area contributed by atoms with Crippen molar-refractivity contribution in [2.75, 3.05) is 11.1 Å². The number of anilines is 1. The Morgan fingerprint density at radius 1 is 0.975 bits per heavy atom. The van der Waals surface area contributed by atoms with E-state index in [1.165, 1.54) is 0 Å². The van der Waals surface area contributed by atoms with Crippen LogP contribution < -0.4 is 10.6 Å². The molecule has 3 aromatic rings. The summed E-state index contributed by atoms with van der Waals surface area (Å²) in [4.78, 5) is 42.7. The molecule has 0 radical (unpaired) electrons. The highest BCUT2D eigenvalue weighted by Crippen LogP contribution is 2.37. The van der Waals surface area contributed by atoms with Gasteiger partial charge in [0.2, 0.25) is 5.91 Å². The Hall–Kier alpha value is -3.52. The van der Waals surface area contributed by atoms with Crippen molar-refractivity contribution >= 4 is 47.0 Å². The van der Waals surface area contributed by atoms with E-state index in [9.17, 15) is 14.4 Å². The van der Waals surface area contributed by atoms with Crippen molar-refractivity contribution in [2.24, 2.45) is 0 Å². The summed E-state index contributed by atoms with van der Waals surface area (Å²) in [6, 6.07) is 17.6. The first-order valence-corrected chi connectivity index (χ1v) is 14.4. The maximum absolute atomic E-state index is 14.2. The monoisotopic (exact) mass is 561 g/mol. The van der Waals surface area contributed by atoms with Gasteiger partial charge in [0.15, 0.2) is 0 Å². The van der Waals surface area contributed by atoms with Crippen LogP contribution in [0.2, 0.25) is 0 Å². The maximum atomic E-state index is 14.2. The number of alkyl carbamates (subject to hydrolysis) is 1. The molecule has 2 N–H and O–H groups in total. The number of carbonyl (C=O) groups excluding carboxylic acids is 3. The van der Waals surface area contributed by atoms with Crippen molar-refractivity contribution in [1.29, 1.82) is 0 Å². The minimum absolute atomic E-state index is 0.0626. The van der Waals surface area contributed by atoms with Crippen molar-refractivity contribution in [1.82, 2.24) is 10.2 Å². The molecular weight excluding hydrogens is 522 g/mol. The van der Waals surface area contributed by atoms with Crippen LogP contribution in [-0.4, -0.2) is 46.2 Å². The lowest BCUT2D eigenvalue weighted by atomic mass is 9.86. The molecule has 1 aliphatic carbocycles. The van der Waals surface area contributed by atoms with Gasteiger partial charge in [-0.1, -0.05) is 48.5 Å². The van der Waals surface area contributed by atoms with Crippen molar-refractivity contribution in [3.05, 3.63) is 77.4 Å². The molecule has 1 fully saturated rings. The summed E-state index contributed by atoms with van der Waals surface area (Å²) < 4.78 is 5.41. The van der Waals surface area contributed by atoms with Crippen LogP contribution in [0.15, 0.2) is 60.7 Å². The average molecular weight is 562 g/mol. The van der Waals surface area contributed by atoms with Crippen molar-refractivity contribution in [3.8, 4) is 0 Å². The second-order valence-electron chi connectivity index (χ2n) is 11.5. The number of hydrogen-bond acceptors (Lipinski definition) is 5. The number of nitrogens with zero attached hydrogens (tertiary/aromatic N) is 1. The molecule has 0 spiro atoms. The number of rotatable bonds is 8. The molecule has 0 aromatic heterocycles. The zero-order valence-electron chi connectivity index (χ0n) is 23.9. The van der Waals surface area contributed by atoms with Crippen LogP contribution in [0.25, 0.3) is 10.8 Å². The van der Waals surface area contributed by atoms with E-state index in [2.05, 4.69) is 23.3 Å². The Kier molecular flexibility index (Phi) is 9.08. The van der Waals surface area contributed by atoms with Crippen molar-refractivity contribution in [3.63, 3.8) is 0 Å². The van der Waals surface area contributed by atoms with E-state index in [0.717, 1.165) is 46.7 Å². The topological polar surface area (TPSA) is 87.7 Å². The van der Waals surface area contributed by atoms with Gasteiger partial charge in [0.1, 0.15) is 17.7 Å². The van der Waals surface area contributed by atoms with Gasteiger partial charge < -0.3 is 20.3 Å². The lowest BCUT2D eigenvalue weighted by Gasteiger charge is -2.44. The third-order valence-corrected chi connectivity index (χ3v) is 7.62. The van der Waals surface area contributed by atoms with Gasteiger partial charge in [-0.3, -0.25) is 9.59 Å². The van der Waals surface area contributed by atoms with Crippen LogP contribution >= 0.6 is 12.6 Å². The van der Waals surface area contributed by atoms with Gasteiger partial charge in [-0.25, -0.2) is 4.79 Å². The fraction of sp³-hybridized carbons (Fsp3) is 0.406. The van der Waals surface area contributed by atoms with Gasteiger partial charge in [-0.05, 0) is 93.5 Å². The highest BCUT2D eigenvalue weighted by molar-refractivity contribution is 7.80. The van der Waals surface area contributed by atoms with Crippen LogP contribution in [0.1, 0.15) is 62.8 Å². The van der Waals surface area contributed by atoms with E-state index in [0.29, 0.717) is 5.69 Å². The minimum atomic E-state index is -0.959. The van der Waals surface area contributed by atoms with E-state index in [1.807, 2.05) is 74.5 Å². The summed E-state index contributed by atoms with van der Waals surface area (Å²) in [5.74, 6) is -0.595. The molecule has 4 rings (SSSR count). The number of ether oxygens (including phenoxy) is 1. The Labute approximate surface area is 242 Å². The standard InChI is InChI=1S/C32H39N3O4S/c1-20-10-8-11-21(2)27(20)28(29(36)33-24-17-16-22-12-6-7-13-23(22)18-24)35(25-14-9-15-25)30(37)26(19-40)34-31(38)39-32(3,4)5/h6-8,10-13,16-18,25-26,28,40H,9,14-15,19H2,1-5H3,(H,33,36)(H,34,38). The molecular formula is C32H39N3O4S. The number of carbonyl (C=O) groups is 3. The smallest absolute Gasteiger partial charge is 0.408 e. The molecule has 2 unspecified atom stereocenters. The normalized spacial score (nSPS) is 15.1. The van der Waals surface area contributed by atoms with E-state index in [1.54, 1.807) is 25.7 Å². The average Bonchev–Trinajstić information content (AvgIpc) is 2.85. The number of nitrogens with one attached hydrogen (secondary N) is 2. The van der Waals surface area contributed by atoms with Crippen LogP contribution in [0.3, 0.4) is 0 Å². The summed E-state index contributed by atoms with van der Waals surface area (Å²) in [5, 5.41) is 7.86. The molecule has 3 amide bonds. The van der Waals surface area contributed by atoms with Gasteiger partial charge in [0.25, 0.3) is 5.91 Å². The number of benzene rings is 3. The molecule has 212 valence electrons. The highest BCUT2D eigenvalue weighted by atomic mass is 32.1. The van der Waals surface area contributed by atoms with Crippen LogP contribution in [-0.2, 0) is 14.3 Å². The fourth-order valence-electron chi connectivity index (χ4n) is 5.13. The first-order chi connectivity index (χ1) is 19.0. The molecule has 0 aliphatic heterocycles. The largest absolute Gasteiger partial charge is 0.444 e. The zero-order valence-corrected chi connectivity index (χ0v) is 24.8.